The number of amides is 1. The van der Waals surface area contributed by atoms with Crippen molar-refractivity contribution < 1.29 is 13.9 Å². The third kappa shape index (κ3) is 3.65. The Hall–Kier alpha value is -3.08. The van der Waals surface area contributed by atoms with Gasteiger partial charge in [-0.1, -0.05) is 18.2 Å². The van der Waals surface area contributed by atoms with Crippen LogP contribution in [0.1, 0.15) is 29.9 Å². The van der Waals surface area contributed by atoms with E-state index in [1.807, 2.05) is 17.0 Å². The molecule has 2 heterocycles. The molecule has 28 heavy (non-hydrogen) atoms. The maximum absolute atomic E-state index is 13.7. The Kier molecular flexibility index (Phi) is 5.15. The lowest BCUT2D eigenvalue weighted by Gasteiger charge is -2.31. The van der Waals surface area contributed by atoms with Gasteiger partial charge in [-0.3, -0.25) is 4.79 Å². The molecule has 0 unspecified atom stereocenters. The molecule has 1 aliphatic rings. The molecule has 144 valence electrons. The van der Waals surface area contributed by atoms with Crippen LogP contribution >= 0.6 is 0 Å². The lowest BCUT2D eigenvalue weighted by molar-refractivity contribution is -0.126. The van der Waals surface area contributed by atoms with Crippen LogP contribution in [-0.4, -0.2) is 36.0 Å². The number of fused-ring (bicyclic) bond motifs is 1. The number of hydrogen-bond donors (Lipinski definition) is 1. The quantitative estimate of drug-likeness (QED) is 0.667. The average Bonchev–Trinajstić information content (AvgIpc) is 3.16. The van der Waals surface area contributed by atoms with Crippen molar-refractivity contribution in [2.75, 3.05) is 20.2 Å². The summed E-state index contributed by atoms with van der Waals surface area (Å²) in [6.07, 6.45) is 6.90. The molecule has 0 atom stereocenters. The van der Waals surface area contributed by atoms with E-state index in [0.717, 1.165) is 24.1 Å². The number of methoxy groups -OCH3 is 1. The fourth-order valence-electron chi connectivity index (χ4n) is 3.87. The Balaban J connectivity index is 1.42. The molecule has 1 saturated heterocycles. The van der Waals surface area contributed by atoms with Gasteiger partial charge in [0.25, 0.3) is 0 Å². The molecule has 1 fully saturated rings. The zero-order valence-corrected chi connectivity index (χ0v) is 15.8. The highest BCUT2D eigenvalue weighted by molar-refractivity contribution is 5.92. The Morgan fingerprint density at radius 2 is 2.00 bits per heavy atom. The standard InChI is InChI=1S/C23H23FN2O2/c1-28-18-7-8-22-19(14-18)20(15-25-22)16-10-12-26(13-11-16)23(27)9-6-17-4-2-3-5-21(17)24/h2-9,14-16,25H,10-13H2,1H3/b9-6+. The lowest BCUT2D eigenvalue weighted by atomic mass is 9.89. The first-order valence-electron chi connectivity index (χ1n) is 9.52. The number of nitrogens with one attached hydrogen (secondary N) is 1. The summed E-state index contributed by atoms with van der Waals surface area (Å²) in [5.41, 5.74) is 2.81. The number of carbonyl (C=O) groups is 1. The van der Waals surface area contributed by atoms with Crippen LogP contribution in [-0.2, 0) is 4.79 Å². The Morgan fingerprint density at radius 1 is 1.21 bits per heavy atom. The monoisotopic (exact) mass is 378 g/mol. The molecule has 0 spiro atoms. The van der Waals surface area contributed by atoms with Crippen molar-refractivity contribution in [3.8, 4) is 5.75 Å². The summed E-state index contributed by atoms with van der Waals surface area (Å²) in [5.74, 6) is 0.863. The number of benzene rings is 2. The van der Waals surface area contributed by atoms with Crippen LogP contribution in [0.15, 0.2) is 54.7 Å². The van der Waals surface area contributed by atoms with Crippen LogP contribution in [0, 0.1) is 5.82 Å². The predicted molar refractivity (Wildman–Crippen MR) is 109 cm³/mol. The molecule has 5 heteroatoms. The first kappa shape index (κ1) is 18.3. The van der Waals surface area contributed by atoms with E-state index in [2.05, 4.69) is 17.2 Å². The van der Waals surface area contributed by atoms with Crippen molar-refractivity contribution >= 4 is 22.9 Å². The molecule has 1 amide bonds. The van der Waals surface area contributed by atoms with E-state index >= 15 is 0 Å². The van der Waals surface area contributed by atoms with Gasteiger partial charge in [-0.25, -0.2) is 4.39 Å². The molecule has 2 aromatic carbocycles. The molecular weight excluding hydrogens is 355 g/mol. The summed E-state index contributed by atoms with van der Waals surface area (Å²) < 4.78 is 19.0. The molecule has 4 nitrogen and oxygen atoms in total. The molecule has 0 radical (unpaired) electrons. The number of ether oxygens (including phenoxy) is 1. The second-order valence-electron chi connectivity index (χ2n) is 7.11. The number of carbonyl (C=O) groups excluding carboxylic acids is 1. The van der Waals surface area contributed by atoms with E-state index in [1.165, 1.54) is 23.1 Å². The van der Waals surface area contributed by atoms with Crippen molar-refractivity contribution in [3.05, 3.63) is 71.7 Å². The van der Waals surface area contributed by atoms with Gasteiger partial charge < -0.3 is 14.6 Å². The Morgan fingerprint density at radius 3 is 2.75 bits per heavy atom. The summed E-state index contributed by atoms with van der Waals surface area (Å²) in [5, 5.41) is 1.18. The van der Waals surface area contributed by atoms with E-state index in [9.17, 15) is 9.18 Å². The Bertz CT molecular complexity index is 1020. The van der Waals surface area contributed by atoms with Gasteiger partial charge in [-0.05, 0) is 54.7 Å². The van der Waals surface area contributed by atoms with Crippen LogP contribution in [0.5, 0.6) is 5.75 Å². The minimum atomic E-state index is -0.319. The molecule has 0 aliphatic carbocycles. The van der Waals surface area contributed by atoms with Crippen LogP contribution in [0.3, 0.4) is 0 Å². The van der Waals surface area contributed by atoms with Gasteiger partial charge in [0.1, 0.15) is 11.6 Å². The third-order valence-electron chi connectivity index (χ3n) is 5.48. The van der Waals surface area contributed by atoms with Gasteiger partial charge in [-0.2, -0.15) is 0 Å². The van der Waals surface area contributed by atoms with Gasteiger partial charge >= 0.3 is 0 Å². The fourth-order valence-corrected chi connectivity index (χ4v) is 3.87. The summed E-state index contributed by atoms with van der Waals surface area (Å²) in [7, 11) is 1.67. The summed E-state index contributed by atoms with van der Waals surface area (Å²) in [6.45, 7) is 1.39. The van der Waals surface area contributed by atoms with E-state index in [4.69, 9.17) is 4.74 Å². The van der Waals surface area contributed by atoms with Gasteiger partial charge in [0.2, 0.25) is 5.91 Å². The van der Waals surface area contributed by atoms with Crippen molar-refractivity contribution in [1.29, 1.82) is 0 Å². The van der Waals surface area contributed by atoms with E-state index < -0.39 is 0 Å². The zero-order chi connectivity index (χ0) is 19.5. The maximum atomic E-state index is 13.7. The van der Waals surface area contributed by atoms with Crippen molar-refractivity contribution in [3.63, 3.8) is 0 Å². The Labute approximate surface area is 163 Å². The minimum absolute atomic E-state index is 0.0673. The second kappa shape index (κ2) is 7.89. The number of hydrogen-bond acceptors (Lipinski definition) is 2. The highest BCUT2D eigenvalue weighted by Crippen LogP contribution is 2.34. The number of halogens is 1. The minimum Gasteiger partial charge on any atom is -0.497 e. The van der Waals surface area contributed by atoms with Crippen LogP contribution in [0.4, 0.5) is 4.39 Å². The summed E-state index contributed by atoms with van der Waals surface area (Å²) in [6, 6.07) is 12.5. The number of nitrogens with zero attached hydrogens (tertiary/aromatic N) is 1. The first-order chi connectivity index (χ1) is 13.7. The van der Waals surface area contributed by atoms with Gasteiger partial charge in [0.05, 0.1) is 7.11 Å². The summed E-state index contributed by atoms with van der Waals surface area (Å²) in [4.78, 5) is 17.6. The normalized spacial score (nSPS) is 15.4. The topological polar surface area (TPSA) is 45.3 Å². The number of aromatic amines is 1. The molecular formula is C23H23FN2O2. The second-order valence-corrected chi connectivity index (χ2v) is 7.11. The zero-order valence-electron chi connectivity index (χ0n) is 15.8. The van der Waals surface area contributed by atoms with Gasteiger partial charge in [-0.15, -0.1) is 0 Å². The van der Waals surface area contributed by atoms with E-state index in [0.29, 0.717) is 24.6 Å². The SMILES string of the molecule is COc1ccc2[nH]cc(C3CCN(C(=O)/C=C/c4ccccc4F)CC3)c2c1. The van der Waals surface area contributed by atoms with Gasteiger partial charge in [0.15, 0.2) is 0 Å². The highest BCUT2D eigenvalue weighted by atomic mass is 19.1. The van der Waals surface area contributed by atoms with Crippen molar-refractivity contribution in [2.45, 2.75) is 18.8 Å². The van der Waals surface area contributed by atoms with E-state index in [-0.39, 0.29) is 11.7 Å². The average molecular weight is 378 g/mol. The lowest BCUT2D eigenvalue weighted by Crippen LogP contribution is -2.36. The number of piperidine rings is 1. The van der Waals surface area contributed by atoms with Crippen LogP contribution in [0.25, 0.3) is 17.0 Å². The van der Waals surface area contributed by atoms with Crippen LogP contribution in [0.2, 0.25) is 0 Å². The maximum Gasteiger partial charge on any atom is 0.246 e. The van der Waals surface area contributed by atoms with Crippen LogP contribution < -0.4 is 4.74 Å². The molecule has 0 bridgehead atoms. The van der Waals surface area contributed by atoms with Crippen molar-refractivity contribution in [1.82, 2.24) is 9.88 Å². The smallest absolute Gasteiger partial charge is 0.246 e. The largest absolute Gasteiger partial charge is 0.497 e. The summed E-state index contributed by atoms with van der Waals surface area (Å²) >= 11 is 0. The molecule has 1 N–H and O–H groups in total. The fraction of sp³-hybridized carbons (Fsp3) is 0.261. The predicted octanol–water partition coefficient (Wildman–Crippen LogP) is 4.74. The number of H-pyrrole nitrogens is 1. The molecule has 4 rings (SSSR count). The van der Waals surface area contributed by atoms with E-state index in [1.54, 1.807) is 31.4 Å². The number of rotatable bonds is 4. The highest BCUT2D eigenvalue weighted by Gasteiger charge is 2.24. The third-order valence-corrected chi connectivity index (χ3v) is 5.48. The molecule has 1 aliphatic heterocycles. The first-order valence-corrected chi connectivity index (χ1v) is 9.52. The number of aromatic nitrogens is 1. The number of likely N-dealkylation sites (tertiary alicyclic amines) is 1. The molecule has 1 aromatic heterocycles. The van der Waals surface area contributed by atoms with Gasteiger partial charge in [0, 0.05) is 41.8 Å². The molecule has 3 aromatic rings. The van der Waals surface area contributed by atoms with Crippen molar-refractivity contribution in [2.24, 2.45) is 0 Å². The molecule has 0 saturated carbocycles.